The normalized spacial score (nSPS) is 20.8. The van der Waals surface area contributed by atoms with Gasteiger partial charge in [0, 0.05) is 0 Å². The summed E-state index contributed by atoms with van der Waals surface area (Å²) >= 11 is 0. The highest BCUT2D eigenvalue weighted by atomic mass is 14.2. The monoisotopic (exact) mass is 176 g/mol. The van der Waals surface area contributed by atoms with Crippen LogP contribution in [0.3, 0.4) is 0 Å². The summed E-state index contributed by atoms with van der Waals surface area (Å²) in [4.78, 5) is 0. The molecule has 0 heteroatoms. The van der Waals surface area contributed by atoms with E-state index in [1.807, 2.05) is 26.0 Å². The predicted molar refractivity (Wildman–Crippen MR) is 61.7 cm³/mol. The molecule has 0 saturated heterocycles. The van der Waals surface area contributed by atoms with E-state index in [2.05, 4.69) is 26.7 Å². The summed E-state index contributed by atoms with van der Waals surface area (Å²) in [6, 6.07) is 0. The maximum Gasteiger partial charge on any atom is -0.0144 e. The highest BCUT2D eigenvalue weighted by Crippen LogP contribution is 2.35. The Morgan fingerprint density at radius 3 is 2.08 bits per heavy atom. The zero-order chi connectivity index (χ0) is 10.4. The Bertz CT molecular complexity index is 241. The van der Waals surface area contributed by atoms with Gasteiger partial charge in [0.25, 0.3) is 0 Å². The Morgan fingerprint density at radius 1 is 1.23 bits per heavy atom. The lowest BCUT2D eigenvalue weighted by atomic mass is 10.0. The molecule has 1 atom stereocenters. The lowest BCUT2D eigenvalue weighted by Crippen LogP contribution is -1.88. The number of allylic oxidation sites excluding steroid dienone is 5. The zero-order valence-corrected chi connectivity index (χ0v) is 9.06. The molecule has 0 aromatic rings. The van der Waals surface area contributed by atoms with Gasteiger partial charge in [-0.1, -0.05) is 52.7 Å². The molecule has 1 aliphatic carbocycles. The smallest absolute Gasteiger partial charge is 0.0144 e. The topological polar surface area (TPSA) is 0 Å². The zero-order valence-electron chi connectivity index (χ0n) is 9.06. The van der Waals surface area contributed by atoms with Gasteiger partial charge < -0.3 is 0 Å². The van der Waals surface area contributed by atoms with Crippen molar-refractivity contribution in [2.24, 2.45) is 5.92 Å². The lowest BCUT2D eigenvalue weighted by Gasteiger charge is -2.01. The summed E-state index contributed by atoms with van der Waals surface area (Å²) in [5.74, 6) is 0.577. The van der Waals surface area contributed by atoms with Crippen LogP contribution in [0.1, 0.15) is 27.2 Å². The molecule has 13 heavy (non-hydrogen) atoms. The Balaban J connectivity index is 0.000000671. The van der Waals surface area contributed by atoms with Crippen molar-refractivity contribution in [3.8, 4) is 0 Å². The van der Waals surface area contributed by atoms with Crippen molar-refractivity contribution in [3.05, 3.63) is 48.6 Å². The largest absolute Gasteiger partial charge is 0.0988 e. The number of hydrogen-bond donors (Lipinski definition) is 0. The van der Waals surface area contributed by atoms with Crippen molar-refractivity contribution in [1.82, 2.24) is 0 Å². The van der Waals surface area contributed by atoms with E-state index in [-0.39, 0.29) is 0 Å². The van der Waals surface area contributed by atoms with Crippen molar-refractivity contribution < 1.29 is 0 Å². The molecule has 0 saturated carbocycles. The van der Waals surface area contributed by atoms with Crippen molar-refractivity contribution in [2.45, 2.75) is 27.2 Å². The standard InChI is InChI=1S/C11H14.C2H6/c1-5-10-8(3)7-9(4)11(10)6-2;1-2/h5-6,9H,1-3,7H2,4H3;1-2H3. The minimum atomic E-state index is 0.577. The summed E-state index contributed by atoms with van der Waals surface area (Å²) < 4.78 is 0. The third-order valence-electron chi connectivity index (χ3n) is 2.20. The van der Waals surface area contributed by atoms with Gasteiger partial charge in [0.15, 0.2) is 0 Å². The van der Waals surface area contributed by atoms with Gasteiger partial charge in [-0.25, -0.2) is 0 Å². The SMILES string of the molecule is C=CC1=C(C=C)C(C)CC1=C.CC. The highest BCUT2D eigenvalue weighted by Gasteiger charge is 2.20. The third-order valence-corrected chi connectivity index (χ3v) is 2.20. The van der Waals surface area contributed by atoms with Crippen LogP contribution in [0.15, 0.2) is 48.6 Å². The van der Waals surface area contributed by atoms with Crippen LogP contribution in [0.25, 0.3) is 0 Å². The first-order valence-electron chi connectivity index (χ1n) is 4.88. The highest BCUT2D eigenvalue weighted by molar-refractivity contribution is 5.50. The minimum Gasteiger partial charge on any atom is -0.0988 e. The van der Waals surface area contributed by atoms with Crippen LogP contribution >= 0.6 is 0 Å². The predicted octanol–water partition coefficient (Wildman–Crippen LogP) is 4.28. The van der Waals surface area contributed by atoms with Crippen LogP contribution in [0.5, 0.6) is 0 Å². The second-order valence-electron chi connectivity index (χ2n) is 2.99. The molecular formula is C13H20. The van der Waals surface area contributed by atoms with Gasteiger partial charge in [-0.15, -0.1) is 0 Å². The molecule has 0 aliphatic heterocycles. The van der Waals surface area contributed by atoms with Gasteiger partial charge in [0.1, 0.15) is 0 Å². The van der Waals surface area contributed by atoms with E-state index in [0.717, 1.165) is 6.42 Å². The van der Waals surface area contributed by atoms with E-state index < -0.39 is 0 Å². The molecule has 0 radical (unpaired) electrons. The molecule has 0 bridgehead atoms. The first kappa shape index (κ1) is 12.0. The van der Waals surface area contributed by atoms with Crippen LogP contribution in [0, 0.1) is 5.92 Å². The summed E-state index contributed by atoms with van der Waals surface area (Å²) in [6.45, 7) is 17.7. The molecule has 0 aromatic carbocycles. The van der Waals surface area contributed by atoms with Crippen molar-refractivity contribution in [1.29, 1.82) is 0 Å². The molecule has 72 valence electrons. The fraction of sp³-hybridized carbons (Fsp3) is 0.385. The Hall–Kier alpha value is -1.04. The van der Waals surface area contributed by atoms with Crippen molar-refractivity contribution >= 4 is 0 Å². The number of hydrogen-bond acceptors (Lipinski definition) is 0. The van der Waals surface area contributed by atoms with Gasteiger partial charge in [-0.2, -0.15) is 0 Å². The first-order chi connectivity index (χ1) is 6.20. The third kappa shape index (κ3) is 2.45. The summed E-state index contributed by atoms with van der Waals surface area (Å²) in [7, 11) is 0. The van der Waals surface area contributed by atoms with Crippen LogP contribution < -0.4 is 0 Å². The molecule has 1 unspecified atom stereocenters. The molecule has 1 aliphatic rings. The average molecular weight is 176 g/mol. The van der Waals surface area contributed by atoms with E-state index in [0.29, 0.717) is 5.92 Å². The van der Waals surface area contributed by atoms with Gasteiger partial charge in [0.05, 0.1) is 0 Å². The fourth-order valence-electron chi connectivity index (χ4n) is 1.63. The van der Waals surface area contributed by atoms with E-state index in [1.54, 1.807) is 0 Å². The maximum atomic E-state index is 3.98. The first-order valence-corrected chi connectivity index (χ1v) is 4.88. The average Bonchev–Trinajstić information content (AvgIpc) is 2.43. The van der Waals surface area contributed by atoms with Crippen LogP contribution in [0.4, 0.5) is 0 Å². The summed E-state index contributed by atoms with van der Waals surface area (Å²) in [5, 5.41) is 0. The lowest BCUT2D eigenvalue weighted by molar-refractivity contribution is 0.732. The van der Waals surface area contributed by atoms with E-state index in [1.165, 1.54) is 16.7 Å². The Kier molecular flexibility index (Phi) is 5.13. The van der Waals surface area contributed by atoms with Gasteiger partial charge in [-0.3, -0.25) is 0 Å². The van der Waals surface area contributed by atoms with E-state index >= 15 is 0 Å². The molecule has 0 amide bonds. The van der Waals surface area contributed by atoms with Gasteiger partial charge >= 0.3 is 0 Å². The molecule has 0 fully saturated rings. The number of rotatable bonds is 2. The van der Waals surface area contributed by atoms with Crippen molar-refractivity contribution in [3.63, 3.8) is 0 Å². The molecule has 0 heterocycles. The second-order valence-corrected chi connectivity index (χ2v) is 2.99. The quantitative estimate of drug-likeness (QED) is 0.589. The Labute approximate surface area is 82.4 Å². The molecule has 1 rings (SSSR count). The Morgan fingerprint density at radius 2 is 1.77 bits per heavy atom. The van der Waals surface area contributed by atoms with E-state index in [9.17, 15) is 0 Å². The summed E-state index contributed by atoms with van der Waals surface area (Å²) in [6.07, 6.45) is 4.85. The van der Waals surface area contributed by atoms with Crippen LogP contribution in [-0.4, -0.2) is 0 Å². The van der Waals surface area contributed by atoms with Crippen LogP contribution in [0.2, 0.25) is 0 Å². The van der Waals surface area contributed by atoms with E-state index in [4.69, 9.17) is 0 Å². The maximum absolute atomic E-state index is 3.98. The second kappa shape index (κ2) is 5.58. The van der Waals surface area contributed by atoms with Crippen LogP contribution in [-0.2, 0) is 0 Å². The molecule has 0 aromatic heterocycles. The van der Waals surface area contributed by atoms with Crippen molar-refractivity contribution in [2.75, 3.05) is 0 Å². The van der Waals surface area contributed by atoms with Gasteiger partial charge in [0.2, 0.25) is 0 Å². The molecule has 0 N–H and O–H groups in total. The minimum absolute atomic E-state index is 0.577. The fourth-order valence-corrected chi connectivity index (χ4v) is 1.63. The molecular weight excluding hydrogens is 156 g/mol. The van der Waals surface area contributed by atoms with Gasteiger partial charge in [-0.05, 0) is 29.1 Å². The molecule has 0 nitrogen and oxygen atoms in total. The molecule has 0 spiro atoms. The summed E-state index contributed by atoms with van der Waals surface area (Å²) in [5.41, 5.74) is 3.69.